The van der Waals surface area contributed by atoms with Crippen LogP contribution >= 0.6 is 11.3 Å². The predicted octanol–water partition coefficient (Wildman–Crippen LogP) is 4.10. The number of benzene rings is 2. The Balaban J connectivity index is 1.49. The maximum absolute atomic E-state index is 13.2. The Hall–Kier alpha value is -3.06. The van der Waals surface area contributed by atoms with Crippen molar-refractivity contribution in [1.82, 2.24) is 9.88 Å². The van der Waals surface area contributed by atoms with Gasteiger partial charge in [0.2, 0.25) is 0 Å². The minimum atomic E-state index is 0.0597. The lowest BCUT2D eigenvalue weighted by molar-refractivity contribution is 0.0750. The summed E-state index contributed by atoms with van der Waals surface area (Å²) in [5.41, 5.74) is 2.88. The van der Waals surface area contributed by atoms with Crippen molar-refractivity contribution in [3.05, 3.63) is 59.1 Å². The highest BCUT2D eigenvalue weighted by atomic mass is 32.1. The summed E-state index contributed by atoms with van der Waals surface area (Å²) in [5.74, 6) is 1.37. The lowest BCUT2D eigenvalue weighted by Gasteiger charge is -2.36. The Morgan fingerprint density at radius 1 is 0.967 bits per heavy atom. The lowest BCUT2D eigenvalue weighted by atomic mass is 10.2. The molecule has 4 rings (SSSR count). The molecule has 0 aliphatic carbocycles. The molecule has 30 heavy (non-hydrogen) atoms. The number of methoxy groups -OCH3 is 2. The fraction of sp³-hybridized carbons (Fsp3) is 0.304. The van der Waals surface area contributed by atoms with E-state index in [4.69, 9.17) is 9.47 Å². The zero-order chi connectivity index (χ0) is 21.1. The summed E-state index contributed by atoms with van der Waals surface area (Å²) in [6.45, 7) is 4.97. The molecule has 156 valence electrons. The Bertz CT molecular complexity index is 1030. The fourth-order valence-electron chi connectivity index (χ4n) is 3.64. The smallest absolute Gasteiger partial charge is 0.265 e. The molecule has 0 atom stereocenters. The highest BCUT2D eigenvalue weighted by Gasteiger charge is 2.26. The summed E-state index contributed by atoms with van der Waals surface area (Å²) in [6, 6.07) is 16.0. The molecule has 0 unspecified atom stereocenters. The number of hydrogen-bond acceptors (Lipinski definition) is 6. The first kappa shape index (κ1) is 20.2. The molecule has 1 aromatic heterocycles. The Labute approximate surface area is 180 Å². The van der Waals surface area contributed by atoms with E-state index < -0.39 is 0 Å². The van der Waals surface area contributed by atoms with Crippen LogP contribution in [0.5, 0.6) is 11.5 Å². The summed E-state index contributed by atoms with van der Waals surface area (Å²) in [6.07, 6.45) is 0. The number of ether oxygens (including phenoxy) is 2. The molecule has 3 aromatic rings. The van der Waals surface area contributed by atoms with E-state index >= 15 is 0 Å². The third-order valence-electron chi connectivity index (χ3n) is 5.31. The van der Waals surface area contributed by atoms with E-state index in [0.717, 1.165) is 29.4 Å². The minimum absolute atomic E-state index is 0.0597. The largest absolute Gasteiger partial charge is 0.493 e. The summed E-state index contributed by atoms with van der Waals surface area (Å²) in [7, 11) is 3.22. The number of aryl methyl sites for hydroxylation is 1. The van der Waals surface area contributed by atoms with E-state index in [2.05, 4.69) is 22.0 Å². The fourth-order valence-corrected chi connectivity index (χ4v) is 4.67. The van der Waals surface area contributed by atoms with Crippen molar-refractivity contribution in [2.24, 2.45) is 0 Å². The van der Waals surface area contributed by atoms with Crippen LogP contribution in [0.1, 0.15) is 15.4 Å². The van der Waals surface area contributed by atoms with Crippen LogP contribution in [0.25, 0.3) is 10.6 Å². The van der Waals surface area contributed by atoms with Crippen molar-refractivity contribution < 1.29 is 14.3 Å². The Morgan fingerprint density at radius 2 is 1.67 bits per heavy atom. The second-order valence-electron chi connectivity index (χ2n) is 7.12. The summed E-state index contributed by atoms with van der Waals surface area (Å²) in [5, 5.41) is 0.805. The number of amides is 1. The number of piperazine rings is 1. The zero-order valence-electron chi connectivity index (χ0n) is 17.4. The molecule has 0 saturated carbocycles. The van der Waals surface area contributed by atoms with Crippen LogP contribution in [0.15, 0.2) is 48.5 Å². The van der Waals surface area contributed by atoms with Gasteiger partial charge in [0, 0.05) is 37.4 Å². The molecule has 1 aliphatic rings. The van der Waals surface area contributed by atoms with Gasteiger partial charge >= 0.3 is 0 Å². The van der Waals surface area contributed by atoms with Crippen LogP contribution in [0.4, 0.5) is 5.69 Å². The molecule has 2 heterocycles. The van der Waals surface area contributed by atoms with Crippen molar-refractivity contribution in [3.8, 4) is 22.1 Å². The van der Waals surface area contributed by atoms with Gasteiger partial charge in [-0.1, -0.05) is 18.2 Å². The van der Waals surface area contributed by atoms with Gasteiger partial charge < -0.3 is 19.3 Å². The predicted molar refractivity (Wildman–Crippen MR) is 120 cm³/mol. The van der Waals surface area contributed by atoms with Gasteiger partial charge in [-0.15, -0.1) is 11.3 Å². The molecule has 0 bridgehead atoms. The molecule has 1 saturated heterocycles. The summed E-state index contributed by atoms with van der Waals surface area (Å²) in [4.78, 5) is 22.8. The maximum atomic E-state index is 13.2. The molecule has 1 aliphatic heterocycles. The van der Waals surface area contributed by atoms with Crippen LogP contribution in [-0.2, 0) is 0 Å². The van der Waals surface area contributed by atoms with Gasteiger partial charge in [0.05, 0.1) is 19.9 Å². The molecular formula is C23H25N3O3S. The number of carbonyl (C=O) groups excluding carboxylic acids is 1. The SMILES string of the molecule is COc1ccc(-c2nc(C)c(C(=O)N3CCN(c4ccccc4)CC3)s2)cc1OC. The highest BCUT2D eigenvalue weighted by molar-refractivity contribution is 7.17. The Kier molecular flexibility index (Phi) is 5.90. The maximum Gasteiger partial charge on any atom is 0.265 e. The van der Waals surface area contributed by atoms with Crippen LogP contribution in [0.3, 0.4) is 0 Å². The van der Waals surface area contributed by atoms with Crippen molar-refractivity contribution in [1.29, 1.82) is 0 Å². The normalized spacial score (nSPS) is 14.0. The van der Waals surface area contributed by atoms with Crippen LogP contribution in [0.2, 0.25) is 0 Å². The van der Waals surface area contributed by atoms with Gasteiger partial charge in [0.15, 0.2) is 11.5 Å². The van der Waals surface area contributed by atoms with Gasteiger partial charge in [-0.25, -0.2) is 4.98 Å². The van der Waals surface area contributed by atoms with E-state index in [-0.39, 0.29) is 5.91 Å². The third-order valence-corrected chi connectivity index (χ3v) is 6.50. The third kappa shape index (κ3) is 3.98. The van der Waals surface area contributed by atoms with Crippen LogP contribution < -0.4 is 14.4 Å². The van der Waals surface area contributed by atoms with E-state index in [1.54, 1.807) is 14.2 Å². The number of aromatic nitrogens is 1. The van der Waals surface area contributed by atoms with Gasteiger partial charge in [-0.3, -0.25) is 4.79 Å². The first-order valence-corrected chi connectivity index (χ1v) is 10.7. The first-order chi connectivity index (χ1) is 14.6. The second-order valence-corrected chi connectivity index (χ2v) is 8.12. The van der Waals surface area contributed by atoms with Crippen molar-refractivity contribution in [2.45, 2.75) is 6.92 Å². The molecular weight excluding hydrogens is 398 g/mol. The van der Waals surface area contributed by atoms with Crippen LogP contribution in [-0.4, -0.2) is 56.2 Å². The van der Waals surface area contributed by atoms with Gasteiger partial charge in [-0.2, -0.15) is 0 Å². The van der Waals surface area contributed by atoms with E-state index in [9.17, 15) is 4.79 Å². The number of para-hydroxylation sites is 1. The van der Waals surface area contributed by atoms with Crippen molar-refractivity contribution in [3.63, 3.8) is 0 Å². The zero-order valence-corrected chi connectivity index (χ0v) is 18.2. The molecule has 7 heteroatoms. The van der Waals surface area contributed by atoms with E-state index in [1.165, 1.54) is 17.0 Å². The minimum Gasteiger partial charge on any atom is -0.493 e. The molecule has 6 nitrogen and oxygen atoms in total. The number of rotatable bonds is 5. The number of carbonyl (C=O) groups is 1. The number of anilines is 1. The highest BCUT2D eigenvalue weighted by Crippen LogP contribution is 2.35. The Morgan fingerprint density at radius 3 is 2.33 bits per heavy atom. The van der Waals surface area contributed by atoms with Gasteiger partial charge in [0.1, 0.15) is 9.88 Å². The topological polar surface area (TPSA) is 54.9 Å². The van der Waals surface area contributed by atoms with Crippen LogP contribution in [0, 0.1) is 6.92 Å². The molecule has 2 aromatic carbocycles. The molecule has 0 radical (unpaired) electrons. The van der Waals surface area contributed by atoms with E-state index in [0.29, 0.717) is 29.5 Å². The van der Waals surface area contributed by atoms with E-state index in [1.807, 2.05) is 48.2 Å². The van der Waals surface area contributed by atoms with Gasteiger partial charge in [0.25, 0.3) is 5.91 Å². The average Bonchev–Trinajstić information content (AvgIpc) is 3.20. The van der Waals surface area contributed by atoms with Gasteiger partial charge in [-0.05, 0) is 37.3 Å². The van der Waals surface area contributed by atoms with Crippen molar-refractivity contribution >= 4 is 22.9 Å². The molecule has 0 N–H and O–H groups in total. The number of nitrogens with zero attached hydrogens (tertiary/aromatic N) is 3. The first-order valence-electron chi connectivity index (χ1n) is 9.90. The number of hydrogen-bond donors (Lipinski definition) is 0. The lowest BCUT2D eigenvalue weighted by Crippen LogP contribution is -2.48. The standard InChI is InChI=1S/C23H25N3O3S/c1-16-21(30-22(24-16)17-9-10-19(28-2)20(15-17)29-3)23(27)26-13-11-25(12-14-26)18-7-5-4-6-8-18/h4-10,15H,11-14H2,1-3H3. The molecule has 1 fully saturated rings. The van der Waals surface area contributed by atoms with Crippen molar-refractivity contribution in [2.75, 3.05) is 45.3 Å². The average molecular weight is 424 g/mol. The quantitative estimate of drug-likeness (QED) is 0.619. The number of thiazole rings is 1. The monoisotopic (exact) mass is 423 g/mol. The molecule has 0 spiro atoms. The summed E-state index contributed by atoms with van der Waals surface area (Å²) < 4.78 is 10.7. The summed E-state index contributed by atoms with van der Waals surface area (Å²) >= 11 is 1.43. The molecule has 1 amide bonds. The second kappa shape index (κ2) is 8.75.